The molecule has 1 saturated carbocycles. The molecular weight excluding hydrogens is 186 g/mol. The summed E-state index contributed by atoms with van der Waals surface area (Å²) in [6, 6.07) is 0. The molecule has 0 radical (unpaired) electrons. The van der Waals surface area contributed by atoms with Crippen molar-refractivity contribution in [3.05, 3.63) is 17.7 Å². The van der Waals surface area contributed by atoms with Gasteiger partial charge in [-0.25, -0.2) is 4.98 Å². The summed E-state index contributed by atoms with van der Waals surface area (Å²) in [7, 11) is 2.15. The lowest BCUT2D eigenvalue weighted by Crippen LogP contribution is -2.07. The molecule has 0 aromatic carbocycles. The summed E-state index contributed by atoms with van der Waals surface area (Å²) in [4.78, 5) is 4.51. The third kappa shape index (κ3) is 2.23. The number of rotatable bonds is 4. The van der Waals surface area contributed by atoms with Gasteiger partial charge in [-0.1, -0.05) is 12.8 Å². The highest BCUT2D eigenvalue weighted by Crippen LogP contribution is 2.33. The van der Waals surface area contributed by atoms with Gasteiger partial charge in [0.2, 0.25) is 0 Å². The molecule has 0 atom stereocenters. The van der Waals surface area contributed by atoms with Gasteiger partial charge in [0.1, 0.15) is 5.82 Å². The molecule has 84 valence electrons. The highest BCUT2D eigenvalue weighted by molar-refractivity contribution is 5.12. The molecule has 1 aliphatic rings. The quantitative estimate of drug-likeness (QED) is 0.820. The van der Waals surface area contributed by atoms with Crippen molar-refractivity contribution in [3.63, 3.8) is 0 Å². The Morgan fingerprint density at radius 1 is 1.47 bits per heavy atom. The Kier molecular flexibility index (Phi) is 3.41. The Morgan fingerprint density at radius 2 is 2.20 bits per heavy atom. The van der Waals surface area contributed by atoms with Gasteiger partial charge in [-0.15, -0.1) is 0 Å². The van der Waals surface area contributed by atoms with E-state index < -0.39 is 0 Å². The van der Waals surface area contributed by atoms with Crippen LogP contribution >= 0.6 is 0 Å². The fraction of sp³-hybridized carbons (Fsp3) is 0.750. The molecule has 0 saturated heterocycles. The number of aryl methyl sites for hydroxylation is 1. The van der Waals surface area contributed by atoms with Crippen molar-refractivity contribution in [3.8, 4) is 0 Å². The molecule has 0 spiro atoms. The zero-order valence-electron chi connectivity index (χ0n) is 9.58. The molecular formula is C12H21N3. The van der Waals surface area contributed by atoms with Gasteiger partial charge in [-0.05, 0) is 25.8 Å². The Labute approximate surface area is 91.7 Å². The third-order valence-electron chi connectivity index (χ3n) is 3.50. The van der Waals surface area contributed by atoms with Crippen LogP contribution in [-0.4, -0.2) is 16.1 Å². The van der Waals surface area contributed by atoms with E-state index in [1.165, 1.54) is 37.2 Å². The van der Waals surface area contributed by atoms with Gasteiger partial charge in [-0.2, -0.15) is 0 Å². The van der Waals surface area contributed by atoms with E-state index in [0.717, 1.165) is 25.3 Å². The smallest absolute Gasteiger partial charge is 0.108 e. The van der Waals surface area contributed by atoms with Gasteiger partial charge in [0.25, 0.3) is 0 Å². The molecule has 0 amide bonds. The lowest BCUT2D eigenvalue weighted by molar-refractivity contribution is 0.633. The van der Waals surface area contributed by atoms with Crippen LogP contribution in [0.15, 0.2) is 6.20 Å². The summed E-state index contributed by atoms with van der Waals surface area (Å²) >= 11 is 0. The molecule has 15 heavy (non-hydrogen) atoms. The Morgan fingerprint density at radius 3 is 2.87 bits per heavy atom. The molecule has 3 heteroatoms. The van der Waals surface area contributed by atoms with Crippen molar-refractivity contribution in [1.29, 1.82) is 0 Å². The number of imidazole rings is 1. The standard InChI is InChI=1S/C12H21N3/c1-15-11(10-5-2-3-6-10)9-14-12(15)7-4-8-13/h9-10H,2-8,13H2,1H3. The minimum Gasteiger partial charge on any atom is -0.335 e. The first kappa shape index (κ1) is 10.7. The first-order valence-electron chi connectivity index (χ1n) is 6.03. The van der Waals surface area contributed by atoms with Crippen LogP contribution in [0.3, 0.4) is 0 Å². The third-order valence-corrected chi connectivity index (χ3v) is 3.50. The fourth-order valence-electron chi connectivity index (χ4n) is 2.56. The van der Waals surface area contributed by atoms with Gasteiger partial charge in [0.15, 0.2) is 0 Å². The molecule has 0 unspecified atom stereocenters. The molecule has 0 aliphatic heterocycles. The van der Waals surface area contributed by atoms with Crippen LogP contribution in [-0.2, 0) is 13.5 Å². The van der Waals surface area contributed by atoms with Crippen LogP contribution in [0.4, 0.5) is 0 Å². The maximum absolute atomic E-state index is 5.52. The number of hydrogen-bond donors (Lipinski definition) is 1. The van der Waals surface area contributed by atoms with Gasteiger partial charge in [-0.3, -0.25) is 0 Å². The molecule has 2 N–H and O–H groups in total. The highest BCUT2D eigenvalue weighted by atomic mass is 15.1. The van der Waals surface area contributed by atoms with Crippen molar-refractivity contribution >= 4 is 0 Å². The Balaban J connectivity index is 2.08. The van der Waals surface area contributed by atoms with E-state index in [1.807, 2.05) is 0 Å². The van der Waals surface area contributed by atoms with E-state index in [2.05, 4.69) is 22.8 Å². The van der Waals surface area contributed by atoms with E-state index in [-0.39, 0.29) is 0 Å². The molecule has 1 heterocycles. The van der Waals surface area contributed by atoms with Crippen LogP contribution in [0.5, 0.6) is 0 Å². The first-order valence-corrected chi connectivity index (χ1v) is 6.03. The predicted octanol–water partition coefficient (Wildman–Crippen LogP) is 1.97. The van der Waals surface area contributed by atoms with Crippen molar-refractivity contribution in [2.24, 2.45) is 12.8 Å². The summed E-state index contributed by atoms with van der Waals surface area (Å²) in [6.07, 6.45) is 9.57. The van der Waals surface area contributed by atoms with Crippen LogP contribution in [0.25, 0.3) is 0 Å². The second kappa shape index (κ2) is 4.79. The summed E-state index contributed by atoms with van der Waals surface area (Å²) < 4.78 is 2.28. The summed E-state index contributed by atoms with van der Waals surface area (Å²) in [5, 5.41) is 0. The number of hydrogen-bond acceptors (Lipinski definition) is 2. The number of nitrogens with zero attached hydrogens (tertiary/aromatic N) is 2. The normalized spacial score (nSPS) is 17.5. The van der Waals surface area contributed by atoms with Crippen LogP contribution in [0, 0.1) is 0 Å². The lowest BCUT2D eigenvalue weighted by atomic mass is 10.1. The van der Waals surface area contributed by atoms with E-state index in [1.54, 1.807) is 0 Å². The summed E-state index contributed by atoms with van der Waals surface area (Å²) in [5.74, 6) is 1.96. The minimum atomic E-state index is 0.756. The van der Waals surface area contributed by atoms with Gasteiger partial charge < -0.3 is 10.3 Å². The SMILES string of the molecule is Cn1c(C2CCCC2)cnc1CCCN. The molecule has 1 fully saturated rings. The lowest BCUT2D eigenvalue weighted by Gasteiger charge is -2.11. The molecule has 1 aromatic rings. The van der Waals surface area contributed by atoms with Gasteiger partial charge >= 0.3 is 0 Å². The molecule has 3 nitrogen and oxygen atoms in total. The monoisotopic (exact) mass is 207 g/mol. The van der Waals surface area contributed by atoms with E-state index in [4.69, 9.17) is 5.73 Å². The van der Waals surface area contributed by atoms with Crippen molar-refractivity contribution in [2.75, 3.05) is 6.54 Å². The van der Waals surface area contributed by atoms with E-state index in [9.17, 15) is 0 Å². The van der Waals surface area contributed by atoms with Crippen LogP contribution in [0.2, 0.25) is 0 Å². The van der Waals surface area contributed by atoms with Crippen molar-refractivity contribution in [2.45, 2.75) is 44.4 Å². The topological polar surface area (TPSA) is 43.8 Å². The molecule has 1 aliphatic carbocycles. The predicted molar refractivity (Wildman–Crippen MR) is 61.8 cm³/mol. The van der Waals surface area contributed by atoms with Gasteiger partial charge in [0, 0.05) is 31.3 Å². The highest BCUT2D eigenvalue weighted by Gasteiger charge is 2.20. The van der Waals surface area contributed by atoms with Crippen LogP contribution < -0.4 is 5.73 Å². The van der Waals surface area contributed by atoms with Crippen LogP contribution in [0.1, 0.15) is 49.5 Å². The average molecular weight is 207 g/mol. The van der Waals surface area contributed by atoms with Gasteiger partial charge in [0.05, 0.1) is 0 Å². The minimum absolute atomic E-state index is 0.756. The zero-order chi connectivity index (χ0) is 10.7. The summed E-state index contributed by atoms with van der Waals surface area (Å²) in [6.45, 7) is 0.756. The first-order chi connectivity index (χ1) is 7.33. The fourth-order valence-corrected chi connectivity index (χ4v) is 2.56. The average Bonchev–Trinajstić information content (AvgIpc) is 2.84. The molecule has 1 aromatic heterocycles. The molecule has 0 bridgehead atoms. The largest absolute Gasteiger partial charge is 0.335 e. The maximum atomic E-state index is 5.52. The second-order valence-corrected chi connectivity index (χ2v) is 4.53. The maximum Gasteiger partial charge on any atom is 0.108 e. The van der Waals surface area contributed by atoms with Crippen molar-refractivity contribution in [1.82, 2.24) is 9.55 Å². The van der Waals surface area contributed by atoms with E-state index >= 15 is 0 Å². The number of aromatic nitrogens is 2. The molecule has 2 rings (SSSR count). The summed E-state index contributed by atoms with van der Waals surface area (Å²) in [5.41, 5.74) is 6.95. The Bertz CT molecular complexity index is 311. The second-order valence-electron chi connectivity index (χ2n) is 4.53. The van der Waals surface area contributed by atoms with E-state index in [0.29, 0.717) is 0 Å². The zero-order valence-corrected chi connectivity index (χ0v) is 9.58. The van der Waals surface area contributed by atoms with Crippen molar-refractivity contribution < 1.29 is 0 Å². The Hall–Kier alpha value is -0.830. The number of nitrogens with two attached hydrogens (primary N) is 1.